The van der Waals surface area contributed by atoms with E-state index >= 15 is 0 Å². The normalized spacial score (nSPS) is 14.4. The fourth-order valence-corrected chi connectivity index (χ4v) is 1.75. The predicted molar refractivity (Wildman–Crippen MR) is 74.2 cm³/mol. The molecular weight excluding hydrogens is 210 g/mol. The third-order valence-corrected chi connectivity index (χ3v) is 3.31. The van der Waals surface area contributed by atoms with Gasteiger partial charge in [-0.25, -0.2) is 0 Å². The topological polar surface area (TPSA) is 42.1 Å². The lowest BCUT2D eigenvalue weighted by Crippen LogP contribution is -2.23. The first-order valence-electron chi connectivity index (χ1n) is 6.51. The fraction of sp³-hybridized carbons (Fsp3) is 0.643. The molecule has 1 unspecified atom stereocenters. The van der Waals surface area contributed by atoms with Gasteiger partial charge in [0.1, 0.15) is 0 Å². The summed E-state index contributed by atoms with van der Waals surface area (Å²) in [5.74, 6) is 0.706. The molecule has 3 nitrogen and oxygen atoms in total. The lowest BCUT2D eigenvalue weighted by Gasteiger charge is -2.22. The lowest BCUT2D eigenvalue weighted by molar-refractivity contribution is 0.559. The second-order valence-corrected chi connectivity index (χ2v) is 4.85. The Morgan fingerprint density at radius 2 is 2.00 bits per heavy atom. The van der Waals surface area contributed by atoms with Crippen LogP contribution in [0.4, 0.5) is 5.69 Å². The summed E-state index contributed by atoms with van der Waals surface area (Å²) >= 11 is 0. The maximum Gasteiger partial charge on any atom is 0.0572 e. The van der Waals surface area contributed by atoms with Gasteiger partial charge in [-0.3, -0.25) is 4.98 Å². The monoisotopic (exact) mass is 235 g/mol. The van der Waals surface area contributed by atoms with Crippen LogP contribution in [-0.4, -0.2) is 18.6 Å². The summed E-state index contributed by atoms with van der Waals surface area (Å²) in [4.78, 5) is 6.69. The number of anilines is 1. The van der Waals surface area contributed by atoms with Gasteiger partial charge in [-0.15, -0.1) is 0 Å². The average molecular weight is 235 g/mol. The van der Waals surface area contributed by atoms with E-state index in [1.165, 1.54) is 6.42 Å². The van der Waals surface area contributed by atoms with Crippen LogP contribution < -0.4 is 10.6 Å². The van der Waals surface area contributed by atoms with Crippen molar-refractivity contribution in [2.24, 2.45) is 11.7 Å². The Bertz CT molecular complexity index is 321. The summed E-state index contributed by atoms with van der Waals surface area (Å²) in [6.45, 7) is 7.64. The number of aromatic nitrogens is 1. The van der Waals surface area contributed by atoms with Crippen molar-refractivity contribution in [1.29, 1.82) is 0 Å². The molecule has 0 saturated heterocycles. The molecule has 0 aliphatic heterocycles. The molecular formula is C14H25N3. The third kappa shape index (κ3) is 4.00. The Labute approximate surface area is 105 Å². The molecule has 3 heteroatoms. The van der Waals surface area contributed by atoms with Crippen molar-refractivity contribution in [1.82, 2.24) is 4.98 Å². The Balaban J connectivity index is 2.66. The van der Waals surface area contributed by atoms with Crippen molar-refractivity contribution < 1.29 is 0 Å². The van der Waals surface area contributed by atoms with Crippen LogP contribution in [0.2, 0.25) is 0 Å². The van der Waals surface area contributed by atoms with Crippen molar-refractivity contribution in [3.8, 4) is 0 Å². The number of pyridine rings is 1. The highest BCUT2D eigenvalue weighted by atomic mass is 15.1. The number of hydrogen-bond donors (Lipinski definition) is 1. The molecule has 0 amide bonds. The zero-order valence-electron chi connectivity index (χ0n) is 11.5. The van der Waals surface area contributed by atoms with Crippen LogP contribution in [0.25, 0.3) is 0 Å². The minimum absolute atomic E-state index is 0.0592. The van der Waals surface area contributed by atoms with Crippen LogP contribution in [0, 0.1) is 5.92 Å². The van der Waals surface area contributed by atoms with Crippen LogP contribution in [-0.2, 0) is 0 Å². The van der Waals surface area contributed by atoms with E-state index in [-0.39, 0.29) is 6.04 Å². The van der Waals surface area contributed by atoms with Gasteiger partial charge in [0.15, 0.2) is 0 Å². The summed E-state index contributed by atoms with van der Waals surface area (Å²) in [5, 5.41) is 0. The van der Waals surface area contributed by atoms with Crippen molar-refractivity contribution in [2.75, 3.05) is 18.5 Å². The molecule has 1 heterocycles. The van der Waals surface area contributed by atoms with Crippen LogP contribution >= 0.6 is 0 Å². The maximum atomic E-state index is 5.95. The SMILES string of the molecule is CCC(C)CN(C)c1ccc([C@@H](N)CC)nc1. The zero-order valence-corrected chi connectivity index (χ0v) is 11.5. The number of hydrogen-bond acceptors (Lipinski definition) is 3. The van der Waals surface area contributed by atoms with E-state index in [9.17, 15) is 0 Å². The van der Waals surface area contributed by atoms with Gasteiger partial charge in [-0.05, 0) is 24.5 Å². The zero-order chi connectivity index (χ0) is 12.8. The molecule has 0 aliphatic rings. The first kappa shape index (κ1) is 14.0. The highest BCUT2D eigenvalue weighted by Gasteiger charge is 2.08. The molecule has 0 fully saturated rings. The molecule has 0 bridgehead atoms. The van der Waals surface area contributed by atoms with Gasteiger partial charge in [0, 0.05) is 19.6 Å². The van der Waals surface area contributed by atoms with Gasteiger partial charge >= 0.3 is 0 Å². The summed E-state index contributed by atoms with van der Waals surface area (Å²) in [6, 6.07) is 4.21. The highest BCUT2D eigenvalue weighted by Crippen LogP contribution is 2.17. The van der Waals surface area contributed by atoms with E-state index in [0.717, 1.165) is 24.3 Å². The van der Waals surface area contributed by atoms with E-state index in [1.54, 1.807) is 0 Å². The summed E-state index contributed by atoms with van der Waals surface area (Å²) in [5.41, 5.74) is 8.09. The molecule has 1 aromatic heterocycles. The first-order valence-corrected chi connectivity index (χ1v) is 6.51. The van der Waals surface area contributed by atoms with Gasteiger partial charge < -0.3 is 10.6 Å². The number of rotatable bonds is 6. The molecule has 0 radical (unpaired) electrons. The van der Waals surface area contributed by atoms with Crippen molar-refractivity contribution in [3.63, 3.8) is 0 Å². The highest BCUT2D eigenvalue weighted by molar-refractivity contribution is 5.43. The van der Waals surface area contributed by atoms with Gasteiger partial charge in [-0.2, -0.15) is 0 Å². The predicted octanol–water partition coefficient (Wildman–Crippen LogP) is 2.97. The molecule has 0 spiro atoms. The lowest BCUT2D eigenvalue weighted by atomic mass is 10.1. The average Bonchev–Trinajstić information content (AvgIpc) is 2.37. The molecule has 2 atom stereocenters. The Morgan fingerprint density at radius 1 is 1.29 bits per heavy atom. The summed E-state index contributed by atoms with van der Waals surface area (Å²) in [7, 11) is 2.11. The molecule has 17 heavy (non-hydrogen) atoms. The van der Waals surface area contributed by atoms with E-state index in [4.69, 9.17) is 5.73 Å². The van der Waals surface area contributed by atoms with Crippen LogP contribution in [0.3, 0.4) is 0 Å². The quantitative estimate of drug-likeness (QED) is 0.824. The van der Waals surface area contributed by atoms with Gasteiger partial charge in [0.25, 0.3) is 0 Å². The molecule has 1 rings (SSSR count). The van der Waals surface area contributed by atoms with E-state index in [2.05, 4.69) is 43.8 Å². The second kappa shape index (κ2) is 6.60. The summed E-state index contributed by atoms with van der Waals surface area (Å²) in [6.07, 6.45) is 4.05. The van der Waals surface area contributed by atoms with Gasteiger partial charge in [-0.1, -0.05) is 27.2 Å². The molecule has 1 aromatic rings. The Morgan fingerprint density at radius 3 is 2.47 bits per heavy atom. The standard InChI is InChI=1S/C14H25N3/c1-5-11(3)10-17(4)12-7-8-14(16-9-12)13(15)6-2/h7-9,11,13H,5-6,10,15H2,1-4H3/t11?,13-/m0/s1. The first-order chi connectivity index (χ1) is 8.08. The van der Waals surface area contributed by atoms with Gasteiger partial charge in [0.2, 0.25) is 0 Å². The Kier molecular flexibility index (Phi) is 5.42. The van der Waals surface area contributed by atoms with Crippen LogP contribution in [0.15, 0.2) is 18.3 Å². The second-order valence-electron chi connectivity index (χ2n) is 4.85. The van der Waals surface area contributed by atoms with E-state index in [1.807, 2.05) is 12.3 Å². The fourth-order valence-electron chi connectivity index (χ4n) is 1.75. The third-order valence-electron chi connectivity index (χ3n) is 3.31. The number of nitrogens with zero attached hydrogens (tertiary/aromatic N) is 2. The smallest absolute Gasteiger partial charge is 0.0572 e. The van der Waals surface area contributed by atoms with Crippen LogP contribution in [0.5, 0.6) is 0 Å². The van der Waals surface area contributed by atoms with Crippen molar-refractivity contribution >= 4 is 5.69 Å². The maximum absolute atomic E-state index is 5.95. The molecule has 2 N–H and O–H groups in total. The van der Waals surface area contributed by atoms with Crippen LogP contribution in [0.1, 0.15) is 45.3 Å². The van der Waals surface area contributed by atoms with Crippen molar-refractivity contribution in [3.05, 3.63) is 24.0 Å². The minimum Gasteiger partial charge on any atom is -0.373 e. The largest absolute Gasteiger partial charge is 0.373 e. The summed E-state index contributed by atoms with van der Waals surface area (Å²) < 4.78 is 0. The van der Waals surface area contributed by atoms with E-state index < -0.39 is 0 Å². The van der Waals surface area contributed by atoms with Crippen molar-refractivity contribution in [2.45, 2.75) is 39.7 Å². The molecule has 0 aliphatic carbocycles. The number of nitrogens with two attached hydrogens (primary N) is 1. The Hall–Kier alpha value is -1.09. The van der Waals surface area contributed by atoms with E-state index in [0.29, 0.717) is 5.92 Å². The molecule has 96 valence electrons. The minimum atomic E-state index is 0.0592. The molecule has 0 saturated carbocycles. The van der Waals surface area contributed by atoms with Gasteiger partial charge in [0.05, 0.1) is 17.6 Å². The molecule has 0 aromatic carbocycles.